The third kappa shape index (κ3) is 3.54. The van der Waals surface area contributed by atoms with Crippen molar-refractivity contribution in [2.45, 2.75) is 0 Å². The molecule has 1 aromatic carbocycles. The van der Waals surface area contributed by atoms with Crippen LogP contribution in [0.2, 0.25) is 0 Å². The van der Waals surface area contributed by atoms with Crippen LogP contribution in [0.4, 0.5) is 0 Å². The van der Waals surface area contributed by atoms with Gasteiger partial charge in [0.2, 0.25) is 0 Å². The topological polar surface area (TPSA) is 38.7 Å². The van der Waals surface area contributed by atoms with Gasteiger partial charge in [0.1, 0.15) is 13.2 Å². The Labute approximate surface area is 96.6 Å². The number of benzene rings is 1. The van der Waals surface area contributed by atoms with Crippen LogP contribution < -0.4 is 5.30 Å². The van der Waals surface area contributed by atoms with Crippen LogP contribution >= 0.6 is 7.94 Å². The van der Waals surface area contributed by atoms with Crippen LogP contribution in [0.5, 0.6) is 0 Å². The molecule has 0 radical (unpaired) electrons. The number of hydrogen-bond acceptors (Lipinski definition) is 3. The van der Waals surface area contributed by atoms with Crippen LogP contribution in [0.15, 0.2) is 55.6 Å². The maximum atomic E-state index is 10.3. The molecule has 0 spiro atoms. The van der Waals surface area contributed by atoms with Gasteiger partial charge in [-0.2, -0.15) is 13.9 Å². The summed E-state index contributed by atoms with van der Waals surface area (Å²) in [5.74, 6) is 0. The zero-order chi connectivity index (χ0) is 11.9. The van der Waals surface area contributed by atoms with E-state index < -0.39 is 7.94 Å². The summed E-state index contributed by atoms with van der Waals surface area (Å²) < 4.78 is 10.7. The fraction of sp³-hybridized carbons (Fsp3) is 0.167. The molecule has 0 aromatic heterocycles. The first kappa shape index (κ1) is 13.1. The lowest BCUT2D eigenvalue weighted by molar-refractivity contribution is 0.216. The molecular weight excluding hydrogens is 223 g/mol. The molecule has 0 bridgehead atoms. The first-order chi connectivity index (χ1) is 7.73. The van der Waals surface area contributed by atoms with Crippen molar-refractivity contribution in [2.24, 2.45) is 0 Å². The Hall–Kier alpha value is -0.990. The average Bonchev–Trinajstić information content (AvgIpc) is 2.35. The molecule has 16 heavy (non-hydrogen) atoms. The van der Waals surface area contributed by atoms with Crippen molar-refractivity contribution in [1.29, 1.82) is 0 Å². The van der Waals surface area contributed by atoms with E-state index in [9.17, 15) is 4.89 Å². The van der Waals surface area contributed by atoms with E-state index in [0.29, 0.717) is 5.30 Å². The molecule has 0 saturated heterocycles. The molecule has 0 fully saturated rings. The lowest BCUT2D eigenvalue weighted by Crippen LogP contribution is -2.16. The van der Waals surface area contributed by atoms with Crippen molar-refractivity contribution in [3.63, 3.8) is 0 Å². The average molecular weight is 239 g/mol. The molecule has 1 N–H and O–H groups in total. The lowest BCUT2D eigenvalue weighted by Gasteiger charge is -2.15. The van der Waals surface area contributed by atoms with Crippen LogP contribution in [-0.2, 0) is 9.05 Å². The molecule has 0 heterocycles. The minimum atomic E-state index is -3.00. The van der Waals surface area contributed by atoms with Crippen molar-refractivity contribution in [3.8, 4) is 0 Å². The summed E-state index contributed by atoms with van der Waals surface area (Å²) in [7, 11) is -3.00. The Balaban J connectivity index is 2.84. The smallest absolute Gasteiger partial charge is 0.188 e. The van der Waals surface area contributed by atoms with Gasteiger partial charge in [0.05, 0.1) is 0 Å². The summed E-state index contributed by atoms with van der Waals surface area (Å²) in [5, 5.41) is 0.652. The molecule has 0 saturated carbocycles. The monoisotopic (exact) mass is 239 g/mol. The predicted octanol–water partition coefficient (Wildman–Crippen LogP) is 2.47. The molecule has 0 aliphatic heterocycles. The summed E-state index contributed by atoms with van der Waals surface area (Å²) in [6.45, 7) is 7.58. The molecule has 0 aliphatic rings. The first-order valence-electron chi connectivity index (χ1n) is 4.91. The number of hydrogen-bond donors (Lipinski definition) is 1. The molecule has 4 heteroatoms. The van der Waals surface area contributed by atoms with Crippen molar-refractivity contribution in [3.05, 3.63) is 55.6 Å². The van der Waals surface area contributed by atoms with Gasteiger partial charge in [-0.25, -0.2) is 0 Å². The van der Waals surface area contributed by atoms with E-state index in [-0.39, 0.29) is 13.2 Å². The van der Waals surface area contributed by atoms with Gasteiger partial charge >= 0.3 is 7.94 Å². The lowest BCUT2D eigenvalue weighted by atomic mass is 10.4. The van der Waals surface area contributed by atoms with E-state index in [4.69, 9.17) is 9.05 Å². The third-order valence-electron chi connectivity index (χ3n) is 1.82. The van der Waals surface area contributed by atoms with E-state index in [1.807, 2.05) is 18.2 Å². The SMILES string of the molecule is C=CCO[P+](O)(OCC=C)c1ccccc1. The van der Waals surface area contributed by atoms with E-state index in [2.05, 4.69) is 13.2 Å². The minimum Gasteiger partial charge on any atom is -0.188 e. The summed E-state index contributed by atoms with van der Waals surface area (Å²) >= 11 is 0. The molecule has 86 valence electrons. The zero-order valence-electron chi connectivity index (χ0n) is 9.08. The summed E-state index contributed by atoms with van der Waals surface area (Å²) in [5.41, 5.74) is 0. The molecule has 0 atom stereocenters. The molecule has 0 aliphatic carbocycles. The molecule has 0 amide bonds. The van der Waals surface area contributed by atoms with Crippen LogP contribution in [0.3, 0.4) is 0 Å². The van der Waals surface area contributed by atoms with E-state index >= 15 is 0 Å². The van der Waals surface area contributed by atoms with Crippen LogP contribution in [-0.4, -0.2) is 18.1 Å². The Morgan fingerprint density at radius 1 is 1.06 bits per heavy atom. The van der Waals surface area contributed by atoms with Gasteiger partial charge < -0.3 is 0 Å². The largest absolute Gasteiger partial charge is 0.446 e. The fourth-order valence-corrected chi connectivity index (χ4v) is 2.65. The third-order valence-corrected chi connectivity index (χ3v) is 3.77. The second-order valence-corrected chi connectivity index (χ2v) is 5.10. The molecule has 1 rings (SSSR count). The maximum absolute atomic E-state index is 10.3. The minimum absolute atomic E-state index is 0.246. The van der Waals surface area contributed by atoms with Crippen molar-refractivity contribution in [2.75, 3.05) is 13.2 Å². The maximum Gasteiger partial charge on any atom is 0.446 e. The van der Waals surface area contributed by atoms with Gasteiger partial charge in [0.15, 0.2) is 5.30 Å². The van der Waals surface area contributed by atoms with Gasteiger partial charge in [0, 0.05) is 0 Å². The highest BCUT2D eigenvalue weighted by atomic mass is 31.2. The predicted molar refractivity (Wildman–Crippen MR) is 67.5 cm³/mol. The van der Waals surface area contributed by atoms with Crippen molar-refractivity contribution in [1.82, 2.24) is 0 Å². The van der Waals surface area contributed by atoms with E-state index in [1.165, 1.54) is 0 Å². The molecular formula is C12H16O3P+. The first-order valence-corrected chi connectivity index (χ1v) is 6.49. The van der Waals surface area contributed by atoms with Crippen LogP contribution in [0.1, 0.15) is 0 Å². The summed E-state index contributed by atoms with van der Waals surface area (Å²) in [6, 6.07) is 9.08. The van der Waals surface area contributed by atoms with Crippen LogP contribution in [0, 0.1) is 0 Å². The highest BCUT2D eigenvalue weighted by molar-refractivity contribution is 7.68. The Morgan fingerprint density at radius 2 is 1.56 bits per heavy atom. The van der Waals surface area contributed by atoms with Gasteiger partial charge in [-0.3, -0.25) is 0 Å². The van der Waals surface area contributed by atoms with E-state index in [0.717, 1.165) is 0 Å². The van der Waals surface area contributed by atoms with Gasteiger partial charge in [-0.15, -0.1) is 13.2 Å². The highest BCUT2D eigenvalue weighted by Gasteiger charge is 2.43. The highest BCUT2D eigenvalue weighted by Crippen LogP contribution is 2.55. The summed E-state index contributed by atoms with van der Waals surface area (Å²) in [4.78, 5) is 10.3. The van der Waals surface area contributed by atoms with E-state index in [1.54, 1.807) is 24.3 Å². The Morgan fingerprint density at radius 3 is 2.00 bits per heavy atom. The van der Waals surface area contributed by atoms with Crippen molar-refractivity contribution >= 4 is 13.2 Å². The number of rotatable bonds is 7. The van der Waals surface area contributed by atoms with Gasteiger partial charge in [0.25, 0.3) is 0 Å². The molecule has 3 nitrogen and oxygen atoms in total. The fourth-order valence-electron chi connectivity index (χ4n) is 1.11. The normalized spacial score (nSPS) is 11.1. The second kappa shape index (κ2) is 6.56. The van der Waals surface area contributed by atoms with Gasteiger partial charge in [-0.1, -0.05) is 30.4 Å². The second-order valence-electron chi connectivity index (χ2n) is 3.02. The molecule has 1 aromatic rings. The van der Waals surface area contributed by atoms with Gasteiger partial charge in [-0.05, 0) is 12.1 Å². The standard InChI is InChI=1S/C12H16O3P/c1-3-10-14-16(13,15-11-4-2)12-8-6-5-7-9-12/h3-9,13H,1-2,10-11H2/q+1. The van der Waals surface area contributed by atoms with Crippen LogP contribution in [0.25, 0.3) is 0 Å². The summed E-state index contributed by atoms with van der Waals surface area (Å²) in [6.07, 6.45) is 3.15. The molecule has 0 unspecified atom stereocenters. The Kier molecular flexibility index (Phi) is 5.36. The zero-order valence-corrected chi connectivity index (χ0v) is 9.98. The quantitative estimate of drug-likeness (QED) is 0.586. The van der Waals surface area contributed by atoms with Crippen molar-refractivity contribution < 1.29 is 13.9 Å². The Bertz CT molecular complexity index is 325.